The van der Waals surface area contributed by atoms with Gasteiger partial charge in [0.2, 0.25) is 6.41 Å². The minimum Gasteiger partial charge on any atom is -0.487 e. The van der Waals surface area contributed by atoms with Crippen LogP contribution in [0.2, 0.25) is 0 Å². The third kappa shape index (κ3) is 7.49. The van der Waals surface area contributed by atoms with Crippen LogP contribution in [0.1, 0.15) is 58.2 Å². The van der Waals surface area contributed by atoms with Crippen LogP contribution in [0.5, 0.6) is 5.75 Å². The highest BCUT2D eigenvalue weighted by molar-refractivity contribution is 5.96. The molecule has 1 aliphatic rings. The van der Waals surface area contributed by atoms with Gasteiger partial charge in [0, 0.05) is 6.20 Å². The molecular weight excluding hydrogens is 464 g/mol. The minimum absolute atomic E-state index is 0.178. The molecule has 9 heteroatoms. The van der Waals surface area contributed by atoms with E-state index >= 15 is 0 Å². The molecule has 1 aliphatic carbocycles. The lowest BCUT2D eigenvalue weighted by Crippen LogP contribution is -2.47. The molecule has 9 nitrogen and oxygen atoms in total. The van der Waals surface area contributed by atoms with Crippen molar-refractivity contribution < 1.29 is 33.6 Å². The molecule has 0 aliphatic heterocycles. The standard InChI is InChI=1S/C27H36N2O7/c1-17-13-27(17,5)35-24(31)21(23(30)33-6)22(29-25(32)36-26(2,3)4)19-12-20(15-28-14-19)34-16-18-10-8-7-9-11-18/h7-12,14-15,17,21-22,25,29,32H,13,16H2,1-6H3/t17?,21?,22-,25?,27?/m1/s1. The highest BCUT2D eigenvalue weighted by Gasteiger charge is 2.53. The van der Waals surface area contributed by atoms with Gasteiger partial charge in [-0.25, -0.2) is 0 Å². The molecule has 0 spiro atoms. The van der Waals surface area contributed by atoms with Crippen LogP contribution in [0, 0.1) is 11.8 Å². The Hall–Kier alpha value is -3.01. The number of nitrogens with one attached hydrogen (secondary N) is 1. The molecule has 0 radical (unpaired) electrons. The lowest BCUT2D eigenvalue weighted by Gasteiger charge is -2.31. The lowest BCUT2D eigenvalue weighted by atomic mass is 9.93. The van der Waals surface area contributed by atoms with E-state index < -0.39 is 41.5 Å². The Morgan fingerprint density at radius 3 is 2.44 bits per heavy atom. The number of aromatic nitrogens is 1. The SMILES string of the molecule is COC(=O)C(C(=O)OC1(C)CC1C)[C@H](NC(O)OC(C)(C)C)c1cncc(OCc2ccccc2)c1. The van der Waals surface area contributed by atoms with Crippen LogP contribution < -0.4 is 10.1 Å². The van der Waals surface area contributed by atoms with Crippen LogP contribution in [-0.4, -0.2) is 46.8 Å². The molecule has 1 saturated carbocycles. The average Bonchev–Trinajstić information content (AvgIpc) is 3.41. The molecule has 4 unspecified atom stereocenters. The highest BCUT2D eigenvalue weighted by Crippen LogP contribution is 2.47. The second-order valence-electron chi connectivity index (χ2n) is 10.3. The van der Waals surface area contributed by atoms with Crippen LogP contribution in [0.25, 0.3) is 0 Å². The molecule has 1 heterocycles. The number of nitrogens with zero attached hydrogens (tertiary/aromatic N) is 1. The number of rotatable bonds is 11. The lowest BCUT2D eigenvalue weighted by molar-refractivity contribution is -0.191. The van der Waals surface area contributed by atoms with Gasteiger partial charge in [-0.05, 0) is 57.2 Å². The first-order valence-corrected chi connectivity index (χ1v) is 12.0. The summed E-state index contributed by atoms with van der Waals surface area (Å²) in [6, 6.07) is 10.2. The number of hydrogen-bond acceptors (Lipinski definition) is 9. The summed E-state index contributed by atoms with van der Waals surface area (Å²) < 4.78 is 22.1. The zero-order valence-corrected chi connectivity index (χ0v) is 21.7. The summed E-state index contributed by atoms with van der Waals surface area (Å²) >= 11 is 0. The van der Waals surface area contributed by atoms with Crippen LogP contribution in [-0.2, 0) is 30.4 Å². The Morgan fingerprint density at radius 2 is 1.86 bits per heavy atom. The van der Waals surface area contributed by atoms with E-state index in [1.54, 1.807) is 26.8 Å². The first-order valence-electron chi connectivity index (χ1n) is 12.0. The van der Waals surface area contributed by atoms with E-state index in [0.29, 0.717) is 24.3 Å². The van der Waals surface area contributed by atoms with E-state index in [9.17, 15) is 14.7 Å². The van der Waals surface area contributed by atoms with Gasteiger partial charge in [-0.2, -0.15) is 0 Å². The summed E-state index contributed by atoms with van der Waals surface area (Å²) in [5.41, 5.74) is 0.0364. The normalized spacial score (nSPS) is 21.7. The fourth-order valence-corrected chi connectivity index (χ4v) is 3.81. The maximum Gasteiger partial charge on any atom is 0.322 e. The van der Waals surface area contributed by atoms with Gasteiger partial charge in [0.1, 0.15) is 18.0 Å². The van der Waals surface area contributed by atoms with Crippen molar-refractivity contribution in [2.24, 2.45) is 11.8 Å². The smallest absolute Gasteiger partial charge is 0.322 e. The van der Waals surface area contributed by atoms with Gasteiger partial charge in [-0.3, -0.25) is 19.9 Å². The monoisotopic (exact) mass is 500 g/mol. The van der Waals surface area contributed by atoms with Gasteiger partial charge in [0.25, 0.3) is 0 Å². The van der Waals surface area contributed by atoms with E-state index in [-0.39, 0.29) is 5.92 Å². The molecule has 1 aromatic carbocycles. The highest BCUT2D eigenvalue weighted by atomic mass is 16.6. The number of esters is 2. The van der Waals surface area contributed by atoms with Crippen molar-refractivity contribution in [3.05, 3.63) is 59.9 Å². The topological polar surface area (TPSA) is 116 Å². The van der Waals surface area contributed by atoms with Crippen LogP contribution in [0.3, 0.4) is 0 Å². The number of ether oxygens (including phenoxy) is 4. The van der Waals surface area contributed by atoms with Gasteiger partial charge in [0.05, 0.1) is 24.9 Å². The van der Waals surface area contributed by atoms with Gasteiger partial charge < -0.3 is 24.1 Å². The fraction of sp³-hybridized carbons (Fsp3) is 0.519. The molecule has 0 saturated heterocycles. The third-order valence-electron chi connectivity index (χ3n) is 6.10. The van der Waals surface area contributed by atoms with Crippen molar-refractivity contribution in [3.63, 3.8) is 0 Å². The molecule has 196 valence electrons. The van der Waals surface area contributed by atoms with E-state index in [0.717, 1.165) is 5.56 Å². The number of benzene rings is 1. The average molecular weight is 501 g/mol. The molecule has 0 amide bonds. The van der Waals surface area contributed by atoms with Crippen molar-refractivity contribution in [1.82, 2.24) is 10.3 Å². The molecule has 1 aromatic heterocycles. The molecule has 1 fully saturated rings. The number of carbonyl (C=O) groups is 2. The molecular formula is C27H36N2O7. The second kappa shape index (κ2) is 11.4. The quantitative estimate of drug-likeness (QED) is 0.272. The van der Waals surface area contributed by atoms with E-state index in [4.69, 9.17) is 18.9 Å². The van der Waals surface area contributed by atoms with Crippen molar-refractivity contribution in [2.75, 3.05) is 7.11 Å². The summed E-state index contributed by atoms with van der Waals surface area (Å²) in [5, 5.41) is 13.5. The van der Waals surface area contributed by atoms with Crippen molar-refractivity contribution >= 4 is 11.9 Å². The Kier molecular flexibility index (Phi) is 8.71. The van der Waals surface area contributed by atoms with E-state index in [1.165, 1.54) is 19.5 Å². The van der Waals surface area contributed by atoms with Crippen molar-refractivity contribution in [2.45, 2.75) is 71.3 Å². The van der Waals surface area contributed by atoms with E-state index in [1.807, 2.05) is 44.2 Å². The third-order valence-corrected chi connectivity index (χ3v) is 6.10. The van der Waals surface area contributed by atoms with Gasteiger partial charge in [-0.1, -0.05) is 37.3 Å². The maximum atomic E-state index is 13.3. The number of aliphatic hydroxyl groups excluding tert-OH is 1. The number of pyridine rings is 1. The first kappa shape index (κ1) is 27.6. The van der Waals surface area contributed by atoms with Crippen LogP contribution >= 0.6 is 0 Å². The Morgan fingerprint density at radius 1 is 1.19 bits per heavy atom. The predicted molar refractivity (Wildman–Crippen MR) is 132 cm³/mol. The van der Waals surface area contributed by atoms with Gasteiger partial charge in [-0.15, -0.1) is 0 Å². The Labute approximate surface area is 212 Å². The summed E-state index contributed by atoms with van der Waals surface area (Å²) in [7, 11) is 1.20. The zero-order chi connectivity index (χ0) is 26.5. The molecule has 3 rings (SSSR count). The molecule has 0 bridgehead atoms. The number of aliphatic hydroxyl groups is 1. The van der Waals surface area contributed by atoms with Crippen molar-refractivity contribution in [3.8, 4) is 5.75 Å². The molecule has 5 atom stereocenters. The Bertz CT molecular complexity index is 1040. The molecule has 2 aromatic rings. The second-order valence-corrected chi connectivity index (χ2v) is 10.3. The summed E-state index contributed by atoms with van der Waals surface area (Å²) in [6.45, 7) is 9.41. The van der Waals surface area contributed by atoms with Gasteiger partial charge in [0.15, 0.2) is 5.92 Å². The maximum absolute atomic E-state index is 13.3. The number of hydrogen-bond donors (Lipinski definition) is 2. The van der Waals surface area contributed by atoms with Crippen LogP contribution in [0.4, 0.5) is 0 Å². The van der Waals surface area contributed by atoms with E-state index in [2.05, 4.69) is 10.3 Å². The first-order chi connectivity index (χ1) is 16.9. The Balaban J connectivity index is 1.91. The zero-order valence-electron chi connectivity index (χ0n) is 21.7. The summed E-state index contributed by atoms with van der Waals surface area (Å²) in [5.74, 6) is -2.40. The van der Waals surface area contributed by atoms with Gasteiger partial charge >= 0.3 is 11.9 Å². The van der Waals surface area contributed by atoms with Crippen LogP contribution in [0.15, 0.2) is 48.8 Å². The largest absolute Gasteiger partial charge is 0.487 e. The number of carbonyl (C=O) groups excluding carboxylic acids is 2. The summed E-state index contributed by atoms with van der Waals surface area (Å²) in [6.07, 6.45) is 2.22. The summed E-state index contributed by atoms with van der Waals surface area (Å²) in [4.78, 5) is 30.4. The minimum atomic E-state index is -1.50. The molecule has 36 heavy (non-hydrogen) atoms. The molecule has 2 N–H and O–H groups in total. The number of methoxy groups -OCH3 is 1. The predicted octanol–water partition coefficient (Wildman–Crippen LogP) is 3.51. The van der Waals surface area contributed by atoms with Crippen molar-refractivity contribution in [1.29, 1.82) is 0 Å². The fourth-order valence-electron chi connectivity index (χ4n) is 3.81.